The van der Waals surface area contributed by atoms with E-state index in [4.69, 9.17) is 0 Å². The molecule has 0 aromatic heterocycles. The average molecular weight is 310 g/mol. The lowest BCUT2D eigenvalue weighted by Gasteiger charge is -2.19. The zero-order valence-electron chi connectivity index (χ0n) is 10.6. The molecule has 2 rings (SSSR count). The SMILES string of the molecule is O=C(Nc1ccccc1Br)C1CCCCCCC1. The number of para-hydroxylation sites is 1. The molecule has 98 valence electrons. The summed E-state index contributed by atoms with van der Waals surface area (Å²) >= 11 is 3.46. The average Bonchev–Trinajstić information content (AvgIpc) is 2.31. The summed E-state index contributed by atoms with van der Waals surface area (Å²) in [6.07, 6.45) is 8.34. The second kappa shape index (κ2) is 6.93. The monoisotopic (exact) mass is 309 g/mol. The van der Waals surface area contributed by atoms with Crippen LogP contribution in [-0.4, -0.2) is 5.91 Å². The fraction of sp³-hybridized carbons (Fsp3) is 0.533. The first-order chi connectivity index (χ1) is 8.77. The first kappa shape index (κ1) is 13.6. The molecule has 1 N–H and O–H groups in total. The van der Waals surface area contributed by atoms with Crippen molar-refractivity contribution >= 4 is 27.5 Å². The predicted octanol–water partition coefficient (Wildman–Crippen LogP) is 4.75. The number of amides is 1. The third-order valence-corrected chi connectivity index (χ3v) is 4.30. The maximum absolute atomic E-state index is 12.3. The molecule has 1 saturated carbocycles. The first-order valence-electron chi connectivity index (χ1n) is 6.83. The van der Waals surface area contributed by atoms with Crippen molar-refractivity contribution < 1.29 is 4.79 Å². The molecule has 0 saturated heterocycles. The van der Waals surface area contributed by atoms with E-state index in [0.29, 0.717) is 0 Å². The topological polar surface area (TPSA) is 29.1 Å². The summed E-state index contributed by atoms with van der Waals surface area (Å²) < 4.78 is 0.948. The lowest BCUT2D eigenvalue weighted by molar-refractivity contribution is -0.120. The third-order valence-electron chi connectivity index (χ3n) is 3.61. The number of anilines is 1. The van der Waals surface area contributed by atoms with Crippen molar-refractivity contribution in [3.8, 4) is 0 Å². The lowest BCUT2D eigenvalue weighted by atomic mass is 9.90. The number of benzene rings is 1. The van der Waals surface area contributed by atoms with Gasteiger partial charge in [-0.3, -0.25) is 4.79 Å². The van der Waals surface area contributed by atoms with Gasteiger partial charge in [-0.15, -0.1) is 0 Å². The van der Waals surface area contributed by atoms with Crippen molar-refractivity contribution in [2.75, 3.05) is 5.32 Å². The van der Waals surface area contributed by atoms with Gasteiger partial charge >= 0.3 is 0 Å². The van der Waals surface area contributed by atoms with Gasteiger partial charge < -0.3 is 5.32 Å². The Morgan fingerprint density at radius 3 is 2.33 bits per heavy atom. The molecule has 0 atom stereocenters. The number of carbonyl (C=O) groups excluding carboxylic acids is 1. The Balaban J connectivity index is 1.96. The number of rotatable bonds is 2. The number of halogens is 1. The summed E-state index contributed by atoms with van der Waals surface area (Å²) in [4.78, 5) is 12.3. The van der Waals surface area contributed by atoms with Gasteiger partial charge in [-0.25, -0.2) is 0 Å². The second-order valence-corrected chi connectivity index (χ2v) is 5.87. The summed E-state index contributed by atoms with van der Waals surface area (Å²) in [5, 5.41) is 3.04. The van der Waals surface area contributed by atoms with Gasteiger partial charge in [0.05, 0.1) is 5.69 Å². The van der Waals surface area contributed by atoms with Gasteiger partial charge in [-0.2, -0.15) is 0 Å². The van der Waals surface area contributed by atoms with Crippen molar-refractivity contribution in [1.82, 2.24) is 0 Å². The van der Waals surface area contributed by atoms with Gasteiger partial charge in [0.25, 0.3) is 0 Å². The highest BCUT2D eigenvalue weighted by Gasteiger charge is 2.19. The molecule has 0 heterocycles. The van der Waals surface area contributed by atoms with Crippen LogP contribution >= 0.6 is 15.9 Å². The number of hydrogen-bond donors (Lipinski definition) is 1. The molecule has 3 heteroatoms. The van der Waals surface area contributed by atoms with Gasteiger partial charge in [-0.05, 0) is 40.9 Å². The smallest absolute Gasteiger partial charge is 0.227 e. The van der Waals surface area contributed by atoms with Crippen molar-refractivity contribution in [2.24, 2.45) is 5.92 Å². The van der Waals surface area contributed by atoms with E-state index < -0.39 is 0 Å². The van der Waals surface area contributed by atoms with Crippen LogP contribution in [-0.2, 0) is 4.79 Å². The molecule has 1 aromatic rings. The Morgan fingerprint density at radius 1 is 1.06 bits per heavy atom. The van der Waals surface area contributed by atoms with Crippen LogP contribution in [0.4, 0.5) is 5.69 Å². The minimum atomic E-state index is 0.184. The normalized spacial score (nSPS) is 17.8. The summed E-state index contributed by atoms with van der Waals surface area (Å²) in [6, 6.07) is 7.78. The highest BCUT2D eigenvalue weighted by atomic mass is 79.9. The molecule has 0 aliphatic heterocycles. The first-order valence-corrected chi connectivity index (χ1v) is 7.62. The van der Waals surface area contributed by atoms with Gasteiger partial charge in [0.1, 0.15) is 0 Å². The Kier molecular flexibility index (Phi) is 5.24. The van der Waals surface area contributed by atoms with Crippen molar-refractivity contribution in [2.45, 2.75) is 44.9 Å². The zero-order valence-corrected chi connectivity index (χ0v) is 12.2. The molecular formula is C15H20BrNO. The number of nitrogens with one attached hydrogen (secondary N) is 1. The fourth-order valence-electron chi connectivity index (χ4n) is 2.52. The van der Waals surface area contributed by atoms with Gasteiger partial charge in [-0.1, -0.05) is 44.2 Å². The minimum absolute atomic E-state index is 0.184. The van der Waals surface area contributed by atoms with E-state index in [9.17, 15) is 4.79 Å². The Morgan fingerprint density at radius 2 is 1.67 bits per heavy atom. The molecule has 1 fully saturated rings. The summed E-state index contributed by atoms with van der Waals surface area (Å²) in [5.41, 5.74) is 0.879. The molecule has 2 nitrogen and oxygen atoms in total. The largest absolute Gasteiger partial charge is 0.325 e. The van der Waals surface area contributed by atoms with Gasteiger partial charge in [0.2, 0.25) is 5.91 Å². The van der Waals surface area contributed by atoms with Crippen LogP contribution in [0.2, 0.25) is 0 Å². The van der Waals surface area contributed by atoms with Crippen LogP contribution in [0.25, 0.3) is 0 Å². The van der Waals surface area contributed by atoms with Crippen LogP contribution in [0.15, 0.2) is 28.7 Å². The summed E-state index contributed by atoms with van der Waals surface area (Å²) in [6.45, 7) is 0. The van der Waals surface area contributed by atoms with Crippen LogP contribution in [0.3, 0.4) is 0 Å². The Labute approximate surface area is 117 Å². The Hall–Kier alpha value is -0.830. The minimum Gasteiger partial charge on any atom is -0.325 e. The maximum atomic E-state index is 12.3. The maximum Gasteiger partial charge on any atom is 0.227 e. The van der Waals surface area contributed by atoms with E-state index in [1.165, 1.54) is 32.1 Å². The van der Waals surface area contributed by atoms with Crippen molar-refractivity contribution in [1.29, 1.82) is 0 Å². The van der Waals surface area contributed by atoms with E-state index in [-0.39, 0.29) is 11.8 Å². The highest BCUT2D eigenvalue weighted by molar-refractivity contribution is 9.10. The lowest BCUT2D eigenvalue weighted by Crippen LogP contribution is -2.23. The predicted molar refractivity (Wildman–Crippen MR) is 78.6 cm³/mol. The molecule has 0 bridgehead atoms. The van der Waals surface area contributed by atoms with E-state index in [1.54, 1.807) is 0 Å². The van der Waals surface area contributed by atoms with Crippen LogP contribution in [0, 0.1) is 5.92 Å². The number of hydrogen-bond acceptors (Lipinski definition) is 1. The second-order valence-electron chi connectivity index (χ2n) is 5.01. The summed E-state index contributed by atoms with van der Waals surface area (Å²) in [5.74, 6) is 0.376. The quantitative estimate of drug-likeness (QED) is 0.839. The molecule has 0 unspecified atom stereocenters. The van der Waals surface area contributed by atoms with Crippen molar-refractivity contribution in [3.05, 3.63) is 28.7 Å². The zero-order chi connectivity index (χ0) is 12.8. The molecule has 1 aliphatic rings. The van der Waals surface area contributed by atoms with Gasteiger partial charge in [0, 0.05) is 10.4 Å². The van der Waals surface area contributed by atoms with Crippen LogP contribution < -0.4 is 5.32 Å². The van der Waals surface area contributed by atoms with E-state index >= 15 is 0 Å². The molecule has 1 aliphatic carbocycles. The van der Waals surface area contributed by atoms with E-state index in [1.807, 2.05) is 24.3 Å². The van der Waals surface area contributed by atoms with Crippen LogP contribution in [0.1, 0.15) is 44.9 Å². The highest BCUT2D eigenvalue weighted by Crippen LogP contribution is 2.26. The fourth-order valence-corrected chi connectivity index (χ4v) is 2.90. The molecule has 1 aromatic carbocycles. The standard InChI is InChI=1S/C15H20BrNO/c16-13-10-6-7-11-14(13)17-15(18)12-8-4-2-1-3-5-9-12/h6-7,10-12H,1-5,8-9H2,(H,17,18). The number of carbonyl (C=O) groups is 1. The molecule has 0 radical (unpaired) electrons. The Bertz CT molecular complexity index is 397. The summed E-state index contributed by atoms with van der Waals surface area (Å²) in [7, 11) is 0. The molecule has 0 spiro atoms. The molecule has 1 amide bonds. The van der Waals surface area contributed by atoms with E-state index in [0.717, 1.165) is 23.0 Å². The van der Waals surface area contributed by atoms with Crippen molar-refractivity contribution in [3.63, 3.8) is 0 Å². The molecule has 18 heavy (non-hydrogen) atoms. The third kappa shape index (κ3) is 3.84. The van der Waals surface area contributed by atoms with Gasteiger partial charge in [0.15, 0.2) is 0 Å². The van der Waals surface area contributed by atoms with E-state index in [2.05, 4.69) is 21.2 Å². The van der Waals surface area contributed by atoms with Crippen LogP contribution in [0.5, 0.6) is 0 Å². The molecular weight excluding hydrogens is 290 g/mol.